The first-order valence-corrected chi connectivity index (χ1v) is 8.24. The van der Waals surface area contributed by atoms with Crippen molar-refractivity contribution in [3.8, 4) is 0 Å². The maximum Gasteiger partial charge on any atom is 0.293 e. The van der Waals surface area contributed by atoms with Crippen molar-refractivity contribution in [3.63, 3.8) is 0 Å². The highest BCUT2D eigenvalue weighted by atomic mass is 35.5. The highest BCUT2D eigenvalue weighted by Crippen LogP contribution is 2.33. The summed E-state index contributed by atoms with van der Waals surface area (Å²) < 4.78 is 0. The molecule has 0 aliphatic carbocycles. The normalized spacial score (nSPS) is 17.0. The lowest BCUT2D eigenvalue weighted by Gasteiger charge is -2.12. The Labute approximate surface area is 135 Å². The van der Waals surface area contributed by atoms with Crippen LogP contribution in [0.5, 0.6) is 0 Å². The average Bonchev–Trinajstić information content (AvgIpc) is 3.06. The number of rotatable bonds is 3. The molecule has 0 N–H and O–H groups in total. The number of hydrogen-bond donors (Lipinski definition) is 0. The zero-order chi connectivity index (χ0) is 14.8. The van der Waals surface area contributed by atoms with Gasteiger partial charge in [0.2, 0.25) is 0 Å². The third-order valence-corrected chi connectivity index (χ3v) is 4.92. The van der Waals surface area contributed by atoms with Crippen LogP contribution >= 0.6 is 34.7 Å². The van der Waals surface area contributed by atoms with E-state index in [0.29, 0.717) is 9.93 Å². The molecule has 1 fully saturated rings. The third kappa shape index (κ3) is 3.20. The van der Waals surface area contributed by atoms with Gasteiger partial charge in [-0.3, -0.25) is 14.5 Å². The minimum absolute atomic E-state index is 0.238. The van der Waals surface area contributed by atoms with Crippen LogP contribution in [0, 0.1) is 0 Å². The fourth-order valence-electron chi connectivity index (χ4n) is 1.91. The molecule has 1 saturated heterocycles. The summed E-state index contributed by atoms with van der Waals surface area (Å²) in [4.78, 5) is 27.0. The van der Waals surface area contributed by atoms with Crippen molar-refractivity contribution in [2.75, 3.05) is 0 Å². The van der Waals surface area contributed by atoms with Crippen LogP contribution in [0.4, 0.5) is 4.79 Å². The summed E-state index contributed by atoms with van der Waals surface area (Å²) in [6.45, 7) is 0.267. The van der Waals surface area contributed by atoms with E-state index < -0.39 is 0 Å². The SMILES string of the molecule is O=C1S/C(=C/c2cccs2)C(=O)N1Cc1ccc(Cl)cc1. The summed E-state index contributed by atoms with van der Waals surface area (Å²) >= 11 is 8.34. The highest BCUT2D eigenvalue weighted by Gasteiger charge is 2.34. The lowest BCUT2D eigenvalue weighted by Crippen LogP contribution is -2.27. The molecular formula is C15H10ClNO2S2. The molecule has 0 radical (unpaired) electrons. The van der Waals surface area contributed by atoms with Crippen molar-refractivity contribution in [3.05, 3.63) is 62.1 Å². The summed E-state index contributed by atoms with van der Waals surface area (Å²) in [5.41, 5.74) is 0.874. The Morgan fingerprint density at radius 1 is 1.14 bits per heavy atom. The Bertz CT molecular complexity index is 708. The van der Waals surface area contributed by atoms with Crippen LogP contribution in [0.2, 0.25) is 5.02 Å². The van der Waals surface area contributed by atoms with Crippen LogP contribution in [0.3, 0.4) is 0 Å². The topological polar surface area (TPSA) is 37.4 Å². The summed E-state index contributed by atoms with van der Waals surface area (Å²) in [5, 5.41) is 2.33. The summed E-state index contributed by atoms with van der Waals surface area (Å²) in [6.07, 6.45) is 1.76. The first-order chi connectivity index (χ1) is 10.1. The standard InChI is InChI=1S/C15H10ClNO2S2/c16-11-5-3-10(4-6-11)9-17-14(18)13(21-15(17)19)8-12-2-1-7-20-12/h1-8H,9H2/b13-8+. The van der Waals surface area contributed by atoms with Crippen molar-refractivity contribution < 1.29 is 9.59 Å². The monoisotopic (exact) mass is 335 g/mol. The second-order valence-corrected chi connectivity index (χ2v) is 6.82. The van der Waals surface area contributed by atoms with Gasteiger partial charge in [0, 0.05) is 9.90 Å². The van der Waals surface area contributed by atoms with E-state index in [2.05, 4.69) is 0 Å². The number of amides is 2. The minimum Gasteiger partial charge on any atom is -0.268 e. The van der Waals surface area contributed by atoms with Gasteiger partial charge < -0.3 is 0 Å². The first kappa shape index (κ1) is 14.4. The number of halogens is 1. The number of thiophene rings is 1. The molecule has 21 heavy (non-hydrogen) atoms. The molecule has 106 valence electrons. The van der Waals surface area contributed by atoms with Gasteiger partial charge in [0.1, 0.15) is 0 Å². The van der Waals surface area contributed by atoms with Crippen LogP contribution < -0.4 is 0 Å². The summed E-state index contributed by atoms with van der Waals surface area (Å²) in [6, 6.07) is 10.9. The maximum absolute atomic E-state index is 12.3. The van der Waals surface area contributed by atoms with Gasteiger partial charge >= 0.3 is 0 Å². The van der Waals surface area contributed by atoms with E-state index in [1.807, 2.05) is 29.6 Å². The van der Waals surface area contributed by atoms with Crippen molar-refractivity contribution in [1.29, 1.82) is 0 Å². The van der Waals surface area contributed by atoms with E-state index in [0.717, 1.165) is 22.2 Å². The Kier molecular flexibility index (Phi) is 4.14. The fraction of sp³-hybridized carbons (Fsp3) is 0.0667. The zero-order valence-electron chi connectivity index (χ0n) is 10.8. The second kappa shape index (κ2) is 6.05. The lowest BCUT2D eigenvalue weighted by molar-refractivity contribution is -0.123. The second-order valence-electron chi connectivity index (χ2n) is 4.41. The van der Waals surface area contributed by atoms with Gasteiger partial charge in [0.25, 0.3) is 11.1 Å². The molecule has 0 bridgehead atoms. The van der Waals surface area contributed by atoms with Crippen molar-refractivity contribution >= 4 is 51.9 Å². The molecule has 2 amide bonds. The van der Waals surface area contributed by atoms with Gasteiger partial charge in [0.05, 0.1) is 11.4 Å². The number of hydrogen-bond acceptors (Lipinski definition) is 4. The van der Waals surface area contributed by atoms with Gasteiger partial charge in [0.15, 0.2) is 0 Å². The van der Waals surface area contributed by atoms with E-state index in [1.54, 1.807) is 18.2 Å². The molecule has 1 aromatic heterocycles. The molecule has 3 rings (SSSR count). The summed E-state index contributed by atoms with van der Waals surface area (Å²) in [5.74, 6) is -0.242. The van der Waals surface area contributed by atoms with Crippen LogP contribution in [-0.4, -0.2) is 16.0 Å². The maximum atomic E-state index is 12.3. The van der Waals surface area contributed by atoms with E-state index in [1.165, 1.54) is 16.2 Å². The van der Waals surface area contributed by atoms with Crippen LogP contribution in [0.15, 0.2) is 46.7 Å². The molecule has 2 heterocycles. The molecule has 0 atom stereocenters. The van der Waals surface area contributed by atoms with Crippen LogP contribution in [0.25, 0.3) is 6.08 Å². The highest BCUT2D eigenvalue weighted by molar-refractivity contribution is 8.18. The number of imide groups is 1. The number of thioether (sulfide) groups is 1. The molecule has 0 spiro atoms. The minimum atomic E-state index is -0.242. The molecule has 1 aromatic carbocycles. The molecule has 0 unspecified atom stereocenters. The number of nitrogens with zero attached hydrogens (tertiary/aromatic N) is 1. The Morgan fingerprint density at radius 2 is 1.90 bits per heavy atom. The average molecular weight is 336 g/mol. The number of carbonyl (C=O) groups excluding carboxylic acids is 2. The Hall–Kier alpha value is -1.56. The lowest BCUT2D eigenvalue weighted by atomic mass is 10.2. The van der Waals surface area contributed by atoms with Gasteiger partial charge in [-0.25, -0.2) is 0 Å². The molecule has 1 aliphatic rings. The molecule has 1 aliphatic heterocycles. The quantitative estimate of drug-likeness (QED) is 0.767. The van der Waals surface area contributed by atoms with Crippen molar-refractivity contribution in [2.24, 2.45) is 0 Å². The molecule has 6 heteroatoms. The molecule has 0 saturated carbocycles. The van der Waals surface area contributed by atoms with Crippen LogP contribution in [0.1, 0.15) is 10.4 Å². The van der Waals surface area contributed by atoms with Crippen LogP contribution in [-0.2, 0) is 11.3 Å². The Balaban J connectivity index is 1.79. The number of benzene rings is 1. The smallest absolute Gasteiger partial charge is 0.268 e. The van der Waals surface area contributed by atoms with E-state index in [9.17, 15) is 9.59 Å². The van der Waals surface area contributed by atoms with Crippen molar-refractivity contribution in [1.82, 2.24) is 4.90 Å². The first-order valence-electron chi connectivity index (χ1n) is 6.17. The molecule has 2 aromatic rings. The summed E-state index contributed by atoms with van der Waals surface area (Å²) in [7, 11) is 0. The van der Waals surface area contributed by atoms with E-state index >= 15 is 0 Å². The fourth-order valence-corrected chi connectivity index (χ4v) is 3.60. The third-order valence-electron chi connectivity index (χ3n) is 2.94. The predicted octanol–water partition coefficient (Wildman–Crippen LogP) is 4.64. The zero-order valence-corrected chi connectivity index (χ0v) is 13.2. The predicted molar refractivity (Wildman–Crippen MR) is 87.3 cm³/mol. The molecular weight excluding hydrogens is 326 g/mol. The van der Waals surface area contributed by atoms with Gasteiger partial charge in [-0.15, -0.1) is 11.3 Å². The van der Waals surface area contributed by atoms with Gasteiger partial charge in [-0.05, 0) is 47.0 Å². The van der Waals surface area contributed by atoms with Gasteiger partial charge in [-0.1, -0.05) is 29.8 Å². The van der Waals surface area contributed by atoms with Gasteiger partial charge in [-0.2, -0.15) is 0 Å². The van der Waals surface area contributed by atoms with E-state index in [4.69, 9.17) is 11.6 Å². The Morgan fingerprint density at radius 3 is 2.57 bits per heavy atom. The number of carbonyl (C=O) groups is 2. The molecule has 3 nitrogen and oxygen atoms in total. The largest absolute Gasteiger partial charge is 0.293 e. The van der Waals surface area contributed by atoms with Crippen molar-refractivity contribution in [2.45, 2.75) is 6.54 Å². The van der Waals surface area contributed by atoms with E-state index in [-0.39, 0.29) is 17.7 Å².